The lowest BCUT2D eigenvalue weighted by molar-refractivity contribution is 0.0582. The van der Waals surface area contributed by atoms with Crippen molar-refractivity contribution in [1.29, 1.82) is 0 Å². The average molecular weight is 479 g/mol. The molecule has 0 aliphatic carbocycles. The Labute approximate surface area is 199 Å². The van der Waals surface area contributed by atoms with Crippen molar-refractivity contribution < 1.29 is 18.4 Å². The standard InChI is InChI=1S/C24H23F2N7O2/c1-14-6-2-3-11-27-21(34)15-7-4-8-16(12-15)22(35)31-24-30-18-10-5-9-17(19(18)32(14)24)20-28-13-29-33(20)23(25)26/h4-5,7-10,12-14,23H,2-3,6,11H2,1H3,(H,27,34)(H,30,31,35). The SMILES string of the molecule is CC1CCCCNC(=O)c2cccc(c2)C(=O)/N=C2\Nc3cccc(-c4ncnn4C(F)F)c3N21. The molecule has 9 nitrogen and oxygen atoms in total. The summed E-state index contributed by atoms with van der Waals surface area (Å²) in [6, 6.07) is 11.5. The van der Waals surface area contributed by atoms with Gasteiger partial charge in [0.1, 0.15) is 6.33 Å². The number of amides is 2. The van der Waals surface area contributed by atoms with E-state index in [0.29, 0.717) is 46.1 Å². The van der Waals surface area contributed by atoms with E-state index in [1.54, 1.807) is 36.4 Å². The summed E-state index contributed by atoms with van der Waals surface area (Å²) in [6.07, 6.45) is 3.36. The summed E-state index contributed by atoms with van der Waals surface area (Å²) in [6.45, 7) is -0.370. The second-order valence-electron chi connectivity index (χ2n) is 8.42. The molecule has 3 aromatic rings. The lowest BCUT2D eigenvalue weighted by Gasteiger charge is -2.28. The largest absolute Gasteiger partial charge is 0.352 e. The third kappa shape index (κ3) is 4.25. The Bertz CT molecular complexity index is 1320. The third-order valence-corrected chi connectivity index (χ3v) is 6.10. The van der Waals surface area contributed by atoms with E-state index in [1.807, 2.05) is 11.8 Å². The molecule has 2 N–H and O–H groups in total. The summed E-state index contributed by atoms with van der Waals surface area (Å²) in [5.41, 5.74) is 2.34. The van der Waals surface area contributed by atoms with Gasteiger partial charge in [0.2, 0.25) is 5.96 Å². The quantitative estimate of drug-likeness (QED) is 0.574. The maximum atomic E-state index is 13.6. The molecule has 0 spiro atoms. The molecular formula is C24H23F2N7O2. The first-order valence-electron chi connectivity index (χ1n) is 11.3. The van der Waals surface area contributed by atoms with Crippen LogP contribution in [0.3, 0.4) is 0 Å². The zero-order valence-corrected chi connectivity index (χ0v) is 18.9. The highest BCUT2D eigenvalue weighted by Crippen LogP contribution is 2.43. The van der Waals surface area contributed by atoms with Crippen LogP contribution >= 0.6 is 0 Å². The van der Waals surface area contributed by atoms with Crippen molar-refractivity contribution in [2.75, 3.05) is 16.8 Å². The number of aromatic nitrogens is 3. The number of benzene rings is 2. The van der Waals surface area contributed by atoms with E-state index in [4.69, 9.17) is 0 Å². The first-order chi connectivity index (χ1) is 16.9. The van der Waals surface area contributed by atoms with Gasteiger partial charge in [-0.05, 0) is 56.5 Å². The fourth-order valence-electron chi connectivity index (χ4n) is 4.42. The molecule has 180 valence electrons. The molecule has 0 saturated heterocycles. The molecular weight excluding hydrogens is 456 g/mol. The number of nitrogens with one attached hydrogen (secondary N) is 2. The zero-order valence-electron chi connectivity index (χ0n) is 18.9. The minimum Gasteiger partial charge on any atom is -0.352 e. The molecule has 2 amide bonds. The summed E-state index contributed by atoms with van der Waals surface area (Å²) < 4.78 is 27.8. The van der Waals surface area contributed by atoms with Gasteiger partial charge in [-0.25, -0.2) is 4.98 Å². The van der Waals surface area contributed by atoms with Crippen LogP contribution in [-0.2, 0) is 0 Å². The highest BCUT2D eigenvalue weighted by atomic mass is 19.3. The number of hydrogen-bond donors (Lipinski definition) is 2. The highest BCUT2D eigenvalue weighted by molar-refractivity contribution is 6.21. The Morgan fingerprint density at radius 1 is 1.09 bits per heavy atom. The van der Waals surface area contributed by atoms with Crippen molar-refractivity contribution in [3.05, 3.63) is 59.9 Å². The number of anilines is 2. The van der Waals surface area contributed by atoms with E-state index in [0.717, 1.165) is 19.2 Å². The number of nitrogens with zero attached hydrogens (tertiary/aromatic N) is 5. The first-order valence-corrected chi connectivity index (χ1v) is 11.3. The molecule has 5 rings (SSSR count). The van der Waals surface area contributed by atoms with Crippen LogP contribution in [0.1, 0.15) is 53.5 Å². The molecule has 0 radical (unpaired) electrons. The molecule has 2 aromatic carbocycles. The molecule has 1 unspecified atom stereocenters. The number of para-hydroxylation sites is 1. The van der Waals surface area contributed by atoms with Crippen LogP contribution < -0.4 is 15.5 Å². The van der Waals surface area contributed by atoms with Gasteiger partial charge in [0.15, 0.2) is 5.82 Å². The number of alkyl halides is 2. The van der Waals surface area contributed by atoms with Crippen LogP contribution in [0.4, 0.5) is 20.2 Å². The van der Waals surface area contributed by atoms with Crippen molar-refractivity contribution in [3.63, 3.8) is 0 Å². The van der Waals surface area contributed by atoms with E-state index in [2.05, 4.69) is 25.7 Å². The summed E-state index contributed by atoms with van der Waals surface area (Å²) in [5, 5.41) is 9.73. The molecule has 0 fully saturated rings. The van der Waals surface area contributed by atoms with Crippen molar-refractivity contribution in [2.24, 2.45) is 4.99 Å². The Balaban J connectivity index is 1.62. The van der Waals surface area contributed by atoms with Crippen molar-refractivity contribution >= 4 is 29.1 Å². The van der Waals surface area contributed by atoms with Gasteiger partial charge < -0.3 is 15.5 Å². The first kappa shape index (κ1) is 22.6. The Kier molecular flexibility index (Phi) is 5.98. The number of hydrogen-bond acceptors (Lipinski definition) is 6. The number of halogens is 2. The summed E-state index contributed by atoms with van der Waals surface area (Å²) >= 11 is 0. The molecule has 35 heavy (non-hydrogen) atoms. The fourth-order valence-corrected chi connectivity index (χ4v) is 4.42. The monoisotopic (exact) mass is 479 g/mol. The maximum absolute atomic E-state index is 13.6. The summed E-state index contributed by atoms with van der Waals surface area (Å²) in [5.74, 6) is -0.451. The predicted octanol–water partition coefficient (Wildman–Crippen LogP) is 4.07. The maximum Gasteiger partial charge on any atom is 0.335 e. The molecule has 0 saturated carbocycles. The number of carbonyl (C=O) groups excluding carboxylic acids is 2. The van der Waals surface area contributed by atoms with Crippen molar-refractivity contribution in [2.45, 2.75) is 38.8 Å². The van der Waals surface area contributed by atoms with Gasteiger partial charge in [0.25, 0.3) is 11.8 Å². The van der Waals surface area contributed by atoms with Crippen LogP contribution in [0.25, 0.3) is 11.4 Å². The van der Waals surface area contributed by atoms with Crippen LogP contribution in [0.15, 0.2) is 53.8 Å². The van der Waals surface area contributed by atoms with Gasteiger partial charge in [0.05, 0.1) is 11.4 Å². The van der Waals surface area contributed by atoms with Crippen LogP contribution in [0, 0.1) is 0 Å². The number of rotatable bonds is 2. The number of fused-ring (bicyclic) bond motifs is 5. The van der Waals surface area contributed by atoms with Crippen molar-refractivity contribution in [1.82, 2.24) is 20.1 Å². The Morgan fingerprint density at radius 2 is 1.89 bits per heavy atom. The van der Waals surface area contributed by atoms with Gasteiger partial charge in [-0.2, -0.15) is 23.6 Å². The minimum absolute atomic E-state index is 0.0215. The summed E-state index contributed by atoms with van der Waals surface area (Å²) in [7, 11) is 0. The van der Waals surface area contributed by atoms with Gasteiger partial charge in [0, 0.05) is 29.3 Å². The van der Waals surface area contributed by atoms with E-state index in [-0.39, 0.29) is 23.3 Å². The molecule has 1 atom stereocenters. The number of guanidine groups is 1. The molecule has 1 aromatic heterocycles. The second-order valence-corrected chi connectivity index (χ2v) is 8.42. The number of aliphatic imine (C=N–C) groups is 1. The molecule has 2 bridgehead atoms. The van der Waals surface area contributed by atoms with Crippen molar-refractivity contribution in [3.8, 4) is 11.4 Å². The van der Waals surface area contributed by atoms with Crippen LogP contribution in [0.5, 0.6) is 0 Å². The van der Waals surface area contributed by atoms with Gasteiger partial charge in [-0.3, -0.25) is 9.59 Å². The second kappa shape index (κ2) is 9.24. The van der Waals surface area contributed by atoms with E-state index >= 15 is 0 Å². The topological polar surface area (TPSA) is 105 Å². The van der Waals surface area contributed by atoms with E-state index < -0.39 is 12.5 Å². The van der Waals surface area contributed by atoms with Gasteiger partial charge in [-0.1, -0.05) is 12.1 Å². The van der Waals surface area contributed by atoms with Crippen LogP contribution in [0.2, 0.25) is 0 Å². The van der Waals surface area contributed by atoms with E-state index in [9.17, 15) is 18.4 Å². The van der Waals surface area contributed by atoms with Gasteiger partial charge >= 0.3 is 6.55 Å². The van der Waals surface area contributed by atoms with Gasteiger partial charge in [-0.15, -0.1) is 0 Å². The third-order valence-electron chi connectivity index (χ3n) is 6.10. The lowest BCUT2D eigenvalue weighted by Crippen LogP contribution is -2.39. The molecule has 2 aliphatic heterocycles. The average Bonchev–Trinajstić information content (AvgIpc) is 3.48. The normalized spacial score (nSPS) is 19.8. The highest BCUT2D eigenvalue weighted by Gasteiger charge is 2.34. The molecule has 3 heterocycles. The summed E-state index contributed by atoms with van der Waals surface area (Å²) in [4.78, 5) is 35.8. The fraction of sp³-hybridized carbons (Fsp3) is 0.292. The minimum atomic E-state index is -2.86. The Hall–Kier alpha value is -4.15. The van der Waals surface area contributed by atoms with Crippen LogP contribution in [-0.4, -0.2) is 45.1 Å². The zero-order chi connectivity index (χ0) is 24.5. The number of carbonyl (C=O) groups is 2. The predicted molar refractivity (Wildman–Crippen MR) is 127 cm³/mol. The smallest absolute Gasteiger partial charge is 0.335 e. The van der Waals surface area contributed by atoms with E-state index in [1.165, 1.54) is 6.07 Å². The molecule has 11 heteroatoms. The molecule has 2 aliphatic rings. The lowest BCUT2D eigenvalue weighted by atomic mass is 10.1. The Morgan fingerprint density at radius 3 is 2.71 bits per heavy atom.